The van der Waals surface area contributed by atoms with Gasteiger partial charge in [-0.05, 0) is 56.2 Å². The lowest BCUT2D eigenvalue weighted by molar-refractivity contribution is -0.492. The Balaban J connectivity index is 1.28. The number of allylic oxidation sites excluding steroid dienone is 5. The van der Waals surface area contributed by atoms with Crippen LogP contribution in [-0.4, -0.2) is 41.7 Å². The van der Waals surface area contributed by atoms with Gasteiger partial charge in [0.05, 0.1) is 16.9 Å². The van der Waals surface area contributed by atoms with E-state index in [1.165, 1.54) is 12.1 Å². The van der Waals surface area contributed by atoms with Gasteiger partial charge in [-0.15, -0.1) is 5.57 Å². The summed E-state index contributed by atoms with van der Waals surface area (Å²) >= 11 is 0. The first-order valence-corrected chi connectivity index (χ1v) is 13.8. The number of anilines is 1. The smallest absolute Gasteiger partial charge is 0.306 e. The highest BCUT2D eigenvalue weighted by Gasteiger charge is 2.58. The normalized spacial score (nSPS) is 21.1. The van der Waals surface area contributed by atoms with E-state index in [-0.39, 0.29) is 30.8 Å². The maximum absolute atomic E-state index is 12.7. The molecule has 3 aliphatic rings. The van der Waals surface area contributed by atoms with E-state index < -0.39 is 16.1 Å². The zero-order chi connectivity index (χ0) is 29.4. The molecule has 1 aliphatic carbocycles. The largest absolute Gasteiger partial charge is 0.464 e. The van der Waals surface area contributed by atoms with Gasteiger partial charge in [-0.1, -0.05) is 29.8 Å². The van der Waals surface area contributed by atoms with Crippen molar-refractivity contribution in [2.45, 2.75) is 57.8 Å². The number of hydrogen-bond acceptors (Lipinski definition) is 6. The van der Waals surface area contributed by atoms with Gasteiger partial charge in [-0.3, -0.25) is 14.9 Å². The number of nitro groups is 1. The number of para-hydroxylation sites is 1. The molecule has 2 aromatic carbocycles. The first kappa shape index (κ1) is 28.1. The van der Waals surface area contributed by atoms with Crippen LogP contribution in [-0.2, 0) is 19.4 Å². The Morgan fingerprint density at radius 2 is 1.95 bits per heavy atom. The van der Waals surface area contributed by atoms with Crippen molar-refractivity contribution >= 4 is 29.2 Å². The van der Waals surface area contributed by atoms with Gasteiger partial charge in [0.2, 0.25) is 11.5 Å². The Kier molecular flexibility index (Phi) is 7.43. The number of ketones is 1. The summed E-state index contributed by atoms with van der Waals surface area (Å²) in [7, 11) is 0. The topological polar surface area (TPSA) is 93.2 Å². The summed E-state index contributed by atoms with van der Waals surface area (Å²) < 4.78 is 18.0. The number of carbonyl (C=O) groups is 1. The van der Waals surface area contributed by atoms with Gasteiger partial charge in [0.15, 0.2) is 0 Å². The minimum absolute atomic E-state index is 0.00760. The molecule has 0 amide bonds. The molecule has 2 aromatic rings. The van der Waals surface area contributed by atoms with Crippen LogP contribution in [0.4, 0.5) is 11.4 Å². The van der Waals surface area contributed by atoms with Crippen LogP contribution in [0.3, 0.4) is 0 Å². The Morgan fingerprint density at radius 3 is 2.68 bits per heavy atom. The van der Waals surface area contributed by atoms with E-state index in [2.05, 4.69) is 24.8 Å². The number of ether oxygens (including phenoxy) is 2. The maximum atomic E-state index is 12.7. The number of benzene rings is 2. The molecule has 5 rings (SSSR count). The molecule has 0 N–H and O–H groups in total. The summed E-state index contributed by atoms with van der Waals surface area (Å²) in [6.07, 6.45) is 10.2. The quantitative estimate of drug-likeness (QED) is 0.0965. The molecule has 41 heavy (non-hydrogen) atoms. The molecule has 0 aromatic heterocycles. The van der Waals surface area contributed by atoms with Crippen molar-refractivity contribution in [1.29, 1.82) is 0 Å². The second-order valence-corrected chi connectivity index (χ2v) is 11.2. The summed E-state index contributed by atoms with van der Waals surface area (Å²) in [6, 6.07) is 12.7. The third kappa shape index (κ3) is 5.22. The summed E-state index contributed by atoms with van der Waals surface area (Å²) in [4.78, 5) is 25.7. The lowest BCUT2D eigenvalue weighted by atomic mass is 9.76. The van der Waals surface area contributed by atoms with E-state index >= 15 is 0 Å². The van der Waals surface area contributed by atoms with E-state index in [1.807, 2.05) is 62.4 Å². The fraction of sp³-hybridized carbons (Fsp3) is 0.333. The number of hydrogen-bond donors (Lipinski definition) is 0. The van der Waals surface area contributed by atoms with Gasteiger partial charge >= 0.3 is 5.97 Å². The highest BCUT2D eigenvalue weighted by molar-refractivity contribution is 6.07. The van der Waals surface area contributed by atoms with E-state index in [0.29, 0.717) is 35.6 Å². The number of carbonyl (C=O) groups excluding carboxylic acids is 2. The molecule has 0 saturated heterocycles. The fourth-order valence-electron chi connectivity index (χ4n) is 5.68. The molecule has 0 bridgehead atoms. The monoisotopic (exact) mass is 554 g/mol. The first-order chi connectivity index (χ1) is 19.5. The molecular formula is C33H34N2O6. The molecule has 1 atom stereocenters. The Hall–Kier alpha value is -4.46. The summed E-state index contributed by atoms with van der Waals surface area (Å²) in [5.74, 6) is 0.892. The van der Waals surface area contributed by atoms with Gasteiger partial charge in [0, 0.05) is 43.7 Å². The molecule has 212 valence electrons. The maximum Gasteiger partial charge on any atom is 0.306 e. The van der Waals surface area contributed by atoms with Crippen LogP contribution in [0.2, 0.25) is 0 Å². The van der Waals surface area contributed by atoms with Crippen molar-refractivity contribution in [3.05, 3.63) is 106 Å². The second kappa shape index (κ2) is 10.8. The summed E-state index contributed by atoms with van der Waals surface area (Å²) in [5, 5.41) is 11.3. The lowest BCUT2D eigenvalue weighted by Crippen LogP contribution is -2.60. The SMILES string of the molecule is [CH-]=C1C=C(CCC(=O)OCCN2c3ccccc3C(C)(C)C23C=Cc2cc([N+](=O)[O-])ccc2O3)C=CC1=[O+]C(C)C. The van der Waals surface area contributed by atoms with Crippen LogP contribution in [0, 0.1) is 16.7 Å². The van der Waals surface area contributed by atoms with Gasteiger partial charge in [0.25, 0.3) is 11.8 Å². The van der Waals surface area contributed by atoms with E-state index in [1.54, 1.807) is 6.07 Å². The van der Waals surface area contributed by atoms with Gasteiger partial charge in [-0.2, -0.15) is 6.08 Å². The molecule has 1 spiro atoms. The Morgan fingerprint density at radius 1 is 1.17 bits per heavy atom. The number of nitrogens with zero attached hydrogens (tertiary/aromatic N) is 2. The standard InChI is InChI=1S/C33H34N2O6/c1-22(2)40-29-13-10-24(20-23(29)3)11-15-31(36)39-19-18-34-28-9-7-6-8-27(28)32(4,5)33(34)17-16-25-21-26(35(37)38)12-14-30(25)41-33/h3,6-10,12-14,16-17,20-22H,11,15,18-19H2,1-2,4-5H3. The molecule has 2 heterocycles. The summed E-state index contributed by atoms with van der Waals surface area (Å²) in [5.41, 5.74) is 2.83. The highest BCUT2D eigenvalue weighted by Crippen LogP contribution is 2.54. The van der Waals surface area contributed by atoms with Gasteiger partial charge < -0.3 is 18.8 Å². The van der Waals surface area contributed by atoms with Crippen LogP contribution in [0.5, 0.6) is 5.75 Å². The second-order valence-electron chi connectivity index (χ2n) is 11.2. The average molecular weight is 555 g/mol. The highest BCUT2D eigenvalue weighted by atomic mass is 16.6. The van der Waals surface area contributed by atoms with Crippen LogP contribution < -0.4 is 9.64 Å². The number of non-ortho nitro benzene ring substituents is 1. The minimum Gasteiger partial charge on any atom is -0.464 e. The number of esters is 1. The molecular weight excluding hydrogens is 520 g/mol. The summed E-state index contributed by atoms with van der Waals surface area (Å²) in [6.45, 7) is 14.8. The van der Waals surface area contributed by atoms with Gasteiger partial charge in [-0.25, -0.2) is 6.58 Å². The predicted octanol–water partition coefficient (Wildman–Crippen LogP) is 6.19. The number of rotatable bonds is 8. The molecule has 8 nitrogen and oxygen atoms in total. The van der Waals surface area contributed by atoms with E-state index in [0.717, 1.165) is 16.8 Å². The van der Waals surface area contributed by atoms with Crippen molar-refractivity contribution in [3.8, 4) is 5.75 Å². The minimum atomic E-state index is -0.913. The molecule has 0 radical (unpaired) electrons. The van der Waals surface area contributed by atoms with Gasteiger partial charge in [0.1, 0.15) is 12.4 Å². The van der Waals surface area contributed by atoms with E-state index in [4.69, 9.17) is 20.5 Å². The van der Waals surface area contributed by atoms with Crippen molar-refractivity contribution in [2.24, 2.45) is 0 Å². The van der Waals surface area contributed by atoms with Crippen LogP contribution >= 0.6 is 0 Å². The molecule has 1 unspecified atom stereocenters. The van der Waals surface area contributed by atoms with Crippen molar-refractivity contribution in [1.82, 2.24) is 0 Å². The number of nitro benzene ring substituents is 1. The lowest BCUT2D eigenvalue weighted by Gasteiger charge is -2.47. The molecule has 0 fully saturated rings. The third-order valence-electron chi connectivity index (χ3n) is 7.76. The Bertz CT molecular complexity index is 1530. The molecule has 0 saturated carbocycles. The van der Waals surface area contributed by atoms with Crippen LogP contribution in [0.25, 0.3) is 6.08 Å². The van der Waals surface area contributed by atoms with Crippen LogP contribution in [0.15, 0.2) is 77.9 Å². The Labute approximate surface area is 240 Å². The number of fused-ring (bicyclic) bond motifs is 2. The average Bonchev–Trinajstić information content (AvgIpc) is 3.11. The molecule has 8 heteroatoms. The predicted molar refractivity (Wildman–Crippen MR) is 158 cm³/mol. The van der Waals surface area contributed by atoms with Crippen molar-refractivity contribution in [3.63, 3.8) is 0 Å². The van der Waals surface area contributed by atoms with Crippen molar-refractivity contribution < 1.29 is 23.6 Å². The van der Waals surface area contributed by atoms with Crippen LogP contribution in [0.1, 0.15) is 51.7 Å². The zero-order valence-electron chi connectivity index (χ0n) is 23.8. The molecule has 2 aliphatic heterocycles. The van der Waals surface area contributed by atoms with E-state index in [9.17, 15) is 14.9 Å². The first-order valence-electron chi connectivity index (χ1n) is 13.8. The third-order valence-corrected chi connectivity index (χ3v) is 7.76. The van der Waals surface area contributed by atoms with Crippen molar-refractivity contribution in [2.75, 3.05) is 18.1 Å². The fourth-order valence-corrected chi connectivity index (χ4v) is 5.68. The zero-order valence-corrected chi connectivity index (χ0v) is 23.8.